The van der Waals surface area contributed by atoms with Crippen molar-refractivity contribution in [2.75, 3.05) is 0 Å². The van der Waals surface area contributed by atoms with E-state index in [1.54, 1.807) is 24.3 Å². The molecule has 0 fully saturated rings. The van der Waals surface area contributed by atoms with Crippen LogP contribution in [0.15, 0.2) is 42.5 Å². The summed E-state index contributed by atoms with van der Waals surface area (Å²) >= 11 is 0. The lowest BCUT2D eigenvalue weighted by molar-refractivity contribution is 0.437. The molecule has 0 spiro atoms. The van der Waals surface area contributed by atoms with Crippen LogP contribution in [0.1, 0.15) is 30.1 Å². The van der Waals surface area contributed by atoms with E-state index in [-0.39, 0.29) is 0 Å². The molecule has 0 saturated carbocycles. The molecule has 1 unspecified atom stereocenters. The van der Waals surface area contributed by atoms with Crippen LogP contribution >= 0.6 is 0 Å². The Morgan fingerprint density at radius 1 is 1.18 bits per heavy atom. The normalized spacial score (nSPS) is 18.4. The van der Waals surface area contributed by atoms with Crippen LogP contribution in [0.2, 0.25) is 0 Å². The van der Waals surface area contributed by atoms with Crippen molar-refractivity contribution in [2.45, 2.75) is 24.5 Å². The van der Waals surface area contributed by atoms with Crippen LogP contribution in [0.25, 0.3) is 0 Å². The molecule has 0 heterocycles. The van der Waals surface area contributed by atoms with Gasteiger partial charge in [0, 0.05) is 0 Å². The summed E-state index contributed by atoms with van der Waals surface area (Å²) in [7, 11) is -4.03. The summed E-state index contributed by atoms with van der Waals surface area (Å²) < 4.78 is 32.3. The van der Waals surface area contributed by atoms with Gasteiger partial charge in [-0.3, -0.25) is 4.55 Å². The van der Waals surface area contributed by atoms with E-state index in [4.69, 9.17) is 0 Å². The second kappa shape index (κ2) is 5.02. The van der Waals surface area contributed by atoms with Crippen LogP contribution in [0.3, 0.4) is 0 Å². The van der Waals surface area contributed by atoms with Gasteiger partial charge in [-0.1, -0.05) is 42.5 Å². The molecule has 0 amide bonds. The molecule has 0 aliphatic heterocycles. The highest BCUT2D eigenvalue weighted by atomic mass is 32.2. The average molecular weight is 252 g/mol. The Morgan fingerprint density at radius 2 is 1.76 bits per heavy atom. The zero-order valence-corrected chi connectivity index (χ0v) is 10.3. The van der Waals surface area contributed by atoms with E-state index in [1.807, 2.05) is 6.07 Å². The third-order valence-corrected chi connectivity index (χ3v) is 4.37. The molecular formula is C13H16O3S. The van der Waals surface area contributed by atoms with Gasteiger partial charge in [0.05, 0.1) is 0 Å². The van der Waals surface area contributed by atoms with Gasteiger partial charge in [0.15, 0.2) is 0 Å². The molecule has 1 aromatic carbocycles. The molecule has 1 N–H and O–H groups in total. The maximum absolute atomic E-state index is 11.5. The predicted molar refractivity (Wildman–Crippen MR) is 67.2 cm³/mol. The summed E-state index contributed by atoms with van der Waals surface area (Å²) in [5, 5.41) is -0.798. The molecule has 4 heteroatoms. The number of hydrogen-bond acceptors (Lipinski definition) is 2. The van der Waals surface area contributed by atoms with Crippen LogP contribution in [-0.2, 0) is 10.1 Å². The van der Waals surface area contributed by atoms with E-state index in [0.717, 1.165) is 12.8 Å². The maximum Gasteiger partial charge on any atom is 0.272 e. The fourth-order valence-corrected chi connectivity index (χ4v) is 3.28. The smallest absolute Gasteiger partial charge is 0.272 e. The zero-order chi connectivity index (χ0) is 12.3. The molecule has 0 bridgehead atoms. The third kappa shape index (κ3) is 3.17. The first-order valence-electron chi connectivity index (χ1n) is 5.73. The van der Waals surface area contributed by atoms with Gasteiger partial charge in [0.25, 0.3) is 10.1 Å². The molecule has 0 radical (unpaired) electrons. The van der Waals surface area contributed by atoms with Gasteiger partial charge in [-0.25, -0.2) is 0 Å². The summed E-state index contributed by atoms with van der Waals surface area (Å²) in [6, 6.07) is 8.92. The van der Waals surface area contributed by atoms with Crippen molar-refractivity contribution >= 4 is 10.1 Å². The summed E-state index contributed by atoms with van der Waals surface area (Å²) in [5.41, 5.74) is 0.668. The Balaban J connectivity index is 2.20. The second-order valence-corrected chi connectivity index (χ2v) is 6.06. The second-order valence-electron chi connectivity index (χ2n) is 4.46. The monoisotopic (exact) mass is 252 g/mol. The molecule has 2 rings (SSSR count). The van der Waals surface area contributed by atoms with Crippen LogP contribution in [0.5, 0.6) is 0 Å². The maximum atomic E-state index is 11.5. The molecule has 0 saturated heterocycles. The molecule has 1 aliphatic carbocycles. The van der Waals surface area contributed by atoms with E-state index in [2.05, 4.69) is 12.2 Å². The third-order valence-electron chi connectivity index (χ3n) is 3.18. The molecule has 3 nitrogen and oxygen atoms in total. The van der Waals surface area contributed by atoms with Gasteiger partial charge in [-0.2, -0.15) is 8.42 Å². The minimum absolute atomic E-state index is 0.321. The van der Waals surface area contributed by atoms with Crippen molar-refractivity contribution < 1.29 is 13.0 Å². The van der Waals surface area contributed by atoms with Crippen molar-refractivity contribution in [2.24, 2.45) is 5.92 Å². The van der Waals surface area contributed by atoms with E-state index in [9.17, 15) is 13.0 Å². The minimum Gasteiger partial charge on any atom is -0.285 e. The van der Waals surface area contributed by atoms with Gasteiger partial charge in [0.1, 0.15) is 5.25 Å². The Bertz CT molecular complexity index is 483. The van der Waals surface area contributed by atoms with Gasteiger partial charge in [-0.05, 0) is 30.7 Å². The summed E-state index contributed by atoms with van der Waals surface area (Å²) in [5.74, 6) is 0.321. The van der Waals surface area contributed by atoms with E-state index in [1.165, 1.54) is 0 Å². The Morgan fingerprint density at radius 3 is 2.29 bits per heavy atom. The van der Waals surface area contributed by atoms with Crippen molar-refractivity contribution in [3.05, 3.63) is 48.0 Å². The molecule has 0 aromatic heterocycles. The Labute approximate surface area is 102 Å². The molecule has 1 aliphatic rings. The van der Waals surface area contributed by atoms with Crippen LogP contribution in [0.4, 0.5) is 0 Å². The molecule has 17 heavy (non-hydrogen) atoms. The van der Waals surface area contributed by atoms with Crippen molar-refractivity contribution in [1.29, 1.82) is 0 Å². The highest BCUT2D eigenvalue weighted by Crippen LogP contribution is 2.33. The first-order valence-corrected chi connectivity index (χ1v) is 7.24. The predicted octanol–water partition coefficient (Wildman–Crippen LogP) is 2.97. The standard InChI is InChI=1S/C13H16O3S/c14-17(15,16)13(10-11-6-4-5-7-11)12-8-2-1-3-9-12/h1-5,8-9,11,13H,6-7,10H2,(H,14,15,16). The Hall–Kier alpha value is -1.13. The van der Waals surface area contributed by atoms with Crippen LogP contribution in [0, 0.1) is 5.92 Å². The van der Waals surface area contributed by atoms with Crippen LogP contribution < -0.4 is 0 Å². The number of hydrogen-bond donors (Lipinski definition) is 1. The lowest BCUT2D eigenvalue weighted by Gasteiger charge is -2.18. The molecular weight excluding hydrogens is 236 g/mol. The lowest BCUT2D eigenvalue weighted by Crippen LogP contribution is -2.15. The SMILES string of the molecule is O=S(=O)(O)C(CC1CC=CC1)c1ccccc1. The fraction of sp³-hybridized carbons (Fsp3) is 0.385. The zero-order valence-electron chi connectivity index (χ0n) is 9.49. The topological polar surface area (TPSA) is 54.4 Å². The summed E-state index contributed by atoms with van der Waals surface area (Å²) in [6.45, 7) is 0. The van der Waals surface area contributed by atoms with Crippen LogP contribution in [-0.4, -0.2) is 13.0 Å². The first kappa shape index (κ1) is 12.3. The van der Waals surface area contributed by atoms with Gasteiger partial charge in [-0.15, -0.1) is 0 Å². The first-order chi connectivity index (χ1) is 8.07. The van der Waals surface area contributed by atoms with E-state index in [0.29, 0.717) is 17.9 Å². The van der Waals surface area contributed by atoms with E-state index >= 15 is 0 Å². The number of benzene rings is 1. The van der Waals surface area contributed by atoms with Gasteiger partial charge < -0.3 is 0 Å². The molecule has 92 valence electrons. The highest BCUT2D eigenvalue weighted by molar-refractivity contribution is 7.86. The average Bonchev–Trinajstić information content (AvgIpc) is 2.78. The quantitative estimate of drug-likeness (QED) is 0.662. The van der Waals surface area contributed by atoms with E-state index < -0.39 is 15.4 Å². The highest BCUT2D eigenvalue weighted by Gasteiger charge is 2.28. The van der Waals surface area contributed by atoms with Crippen molar-refractivity contribution in [3.8, 4) is 0 Å². The molecule has 1 aromatic rings. The van der Waals surface area contributed by atoms with Crippen molar-refractivity contribution in [1.82, 2.24) is 0 Å². The summed E-state index contributed by atoms with van der Waals surface area (Å²) in [4.78, 5) is 0. The lowest BCUT2D eigenvalue weighted by atomic mass is 9.97. The van der Waals surface area contributed by atoms with Gasteiger partial charge in [0.2, 0.25) is 0 Å². The Kier molecular flexibility index (Phi) is 3.64. The minimum atomic E-state index is -4.03. The number of allylic oxidation sites excluding steroid dienone is 2. The molecule has 1 atom stereocenters. The fourth-order valence-electron chi connectivity index (χ4n) is 2.27. The van der Waals surface area contributed by atoms with Crippen molar-refractivity contribution in [3.63, 3.8) is 0 Å². The number of rotatable bonds is 4. The van der Waals surface area contributed by atoms with Gasteiger partial charge >= 0.3 is 0 Å². The summed E-state index contributed by atoms with van der Waals surface area (Å²) in [6.07, 6.45) is 6.42. The largest absolute Gasteiger partial charge is 0.285 e.